The summed E-state index contributed by atoms with van der Waals surface area (Å²) in [7, 11) is 0. The van der Waals surface area contributed by atoms with Gasteiger partial charge in [-0.3, -0.25) is 9.69 Å². The number of benzene rings is 1. The SMILES string of the molecule is CC(C)OCCCNC(=O)C1CCN(Cc2nn(-c3ccc(F)cc3)c3c2CCC3)CC1. The number of carbonyl (C=O) groups excluding carboxylic acids is 1. The Labute approximate surface area is 190 Å². The average molecular weight is 443 g/mol. The lowest BCUT2D eigenvalue weighted by molar-refractivity contribution is -0.126. The van der Waals surface area contributed by atoms with Gasteiger partial charge in [0.2, 0.25) is 5.91 Å². The fourth-order valence-electron chi connectivity index (χ4n) is 4.75. The average Bonchev–Trinajstić information content (AvgIpc) is 3.38. The van der Waals surface area contributed by atoms with Crippen molar-refractivity contribution in [2.24, 2.45) is 5.92 Å². The molecular formula is C25H35FN4O2. The molecule has 1 aliphatic heterocycles. The molecule has 0 bridgehead atoms. The first-order valence-corrected chi connectivity index (χ1v) is 12.0. The molecule has 2 heterocycles. The van der Waals surface area contributed by atoms with Crippen LogP contribution in [0.15, 0.2) is 24.3 Å². The van der Waals surface area contributed by atoms with Gasteiger partial charge in [-0.2, -0.15) is 5.10 Å². The first kappa shape index (κ1) is 22.9. The van der Waals surface area contributed by atoms with Crippen LogP contribution in [0, 0.1) is 11.7 Å². The predicted molar refractivity (Wildman–Crippen MR) is 122 cm³/mol. The van der Waals surface area contributed by atoms with Crippen LogP contribution in [0.2, 0.25) is 0 Å². The molecule has 0 spiro atoms. The lowest BCUT2D eigenvalue weighted by Crippen LogP contribution is -2.40. The molecule has 1 N–H and O–H groups in total. The van der Waals surface area contributed by atoms with Gasteiger partial charge in [0.05, 0.1) is 17.5 Å². The number of likely N-dealkylation sites (tertiary alicyclic amines) is 1. The minimum absolute atomic E-state index is 0.0970. The summed E-state index contributed by atoms with van der Waals surface area (Å²) in [5, 5.41) is 7.98. The highest BCUT2D eigenvalue weighted by molar-refractivity contribution is 5.78. The third kappa shape index (κ3) is 5.56. The van der Waals surface area contributed by atoms with Crippen molar-refractivity contribution >= 4 is 5.91 Å². The third-order valence-corrected chi connectivity index (χ3v) is 6.49. The number of halogens is 1. The number of fused-ring (bicyclic) bond motifs is 1. The summed E-state index contributed by atoms with van der Waals surface area (Å²) < 4.78 is 20.9. The molecule has 1 aromatic heterocycles. The molecule has 2 aromatic rings. The van der Waals surface area contributed by atoms with E-state index in [2.05, 4.69) is 10.2 Å². The maximum absolute atomic E-state index is 13.3. The van der Waals surface area contributed by atoms with Gasteiger partial charge in [-0.25, -0.2) is 9.07 Å². The number of hydrogen-bond acceptors (Lipinski definition) is 4. The monoisotopic (exact) mass is 442 g/mol. The summed E-state index contributed by atoms with van der Waals surface area (Å²) in [4.78, 5) is 14.9. The standard InChI is InChI=1S/C25H35FN4O2/c1-18(2)32-16-4-13-27-25(31)19-11-14-29(15-12-19)17-23-22-5-3-6-24(22)30(28-23)21-9-7-20(26)8-10-21/h7-10,18-19H,3-6,11-17H2,1-2H3,(H,27,31). The molecule has 0 unspecified atom stereocenters. The van der Waals surface area contributed by atoms with Crippen molar-refractivity contribution in [1.29, 1.82) is 0 Å². The Balaban J connectivity index is 1.29. The fourth-order valence-corrected chi connectivity index (χ4v) is 4.75. The topological polar surface area (TPSA) is 59.4 Å². The molecule has 0 radical (unpaired) electrons. The van der Waals surface area contributed by atoms with E-state index in [4.69, 9.17) is 9.84 Å². The lowest BCUT2D eigenvalue weighted by Gasteiger charge is -2.31. The van der Waals surface area contributed by atoms with Crippen molar-refractivity contribution in [3.63, 3.8) is 0 Å². The van der Waals surface area contributed by atoms with Gasteiger partial charge in [0, 0.05) is 31.3 Å². The number of hydrogen-bond donors (Lipinski definition) is 1. The normalized spacial score (nSPS) is 17.1. The summed E-state index contributed by atoms with van der Waals surface area (Å²) in [6, 6.07) is 6.57. The molecule has 174 valence electrons. The zero-order valence-electron chi connectivity index (χ0n) is 19.3. The van der Waals surface area contributed by atoms with Crippen LogP contribution >= 0.6 is 0 Å². The molecule has 4 rings (SSSR count). The second-order valence-electron chi connectivity index (χ2n) is 9.23. The van der Waals surface area contributed by atoms with Gasteiger partial charge >= 0.3 is 0 Å². The Morgan fingerprint density at radius 3 is 2.69 bits per heavy atom. The van der Waals surface area contributed by atoms with Crippen molar-refractivity contribution in [1.82, 2.24) is 20.0 Å². The number of amides is 1. The zero-order valence-corrected chi connectivity index (χ0v) is 19.3. The molecule has 0 saturated carbocycles. The summed E-state index contributed by atoms with van der Waals surface area (Å²) in [5.41, 5.74) is 4.68. The molecule has 1 amide bonds. The number of ether oxygens (including phenoxy) is 1. The number of aromatic nitrogens is 2. The molecule has 6 nitrogen and oxygen atoms in total. The molecule has 0 atom stereocenters. The molecular weight excluding hydrogens is 407 g/mol. The van der Waals surface area contributed by atoms with Crippen molar-refractivity contribution in [2.75, 3.05) is 26.2 Å². The highest BCUT2D eigenvalue weighted by Gasteiger charge is 2.28. The third-order valence-electron chi connectivity index (χ3n) is 6.49. The predicted octanol–water partition coefficient (Wildman–Crippen LogP) is 3.64. The maximum atomic E-state index is 13.3. The minimum Gasteiger partial charge on any atom is -0.379 e. The molecule has 1 saturated heterocycles. The minimum atomic E-state index is -0.228. The molecule has 32 heavy (non-hydrogen) atoms. The second kappa shape index (κ2) is 10.6. The Morgan fingerprint density at radius 2 is 1.97 bits per heavy atom. The van der Waals surface area contributed by atoms with E-state index in [9.17, 15) is 9.18 Å². The van der Waals surface area contributed by atoms with Gasteiger partial charge in [-0.1, -0.05) is 0 Å². The summed E-state index contributed by atoms with van der Waals surface area (Å²) in [6.45, 7) is 8.04. The molecule has 1 aliphatic carbocycles. The van der Waals surface area contributed by atoms with Crippen LogP contribution in [0.1, 0.15) is 56.5 Å². The Hall–Kier alpha value is -2.25. The number of nitrogens with one attached hydrogen (secondary N) is 1. The molecule has 1 fully saturated rings. The fraction of sp³-hybridized carbons (Fsp3) is 0.600. The first-order valence-electron chi connectivity index (χ1n) is 12.0. The van der Waals surface area contributed by atoms with Crippen molar-refractivity contribution in [3.05, 3.63) is 47.0 Å². The molecule has 1 aromatic carbocycles. The smallest absolute Gasteiger partial charge is 0.223 e. The number of piperidine rings is 1. The number of carbonyl (C=O) groups is 1. The van der Waals surface area contributed by atoms with E-state index in [0.717, 1.165) is 69.5 Å². The van der Waals surface area contributed by atoms with E-state index in [0.29, 0.717) is 13.2 Å². The van der Waals surface area contributed by atoms with Crippen molar-refractivity contribution in [3.8, 4) is 5.69 Å². The lowest BCUT2D eigenvalue weighted by atomic mass is 9.95. The van der Waals surface area contributed by atoms with E-state index in [-0.39, 0.29) is 23.7 Å². The molecule has 7 heteroatoms. The van der Waals surface area contributed by atoms with Crippen LogP contribution in [0.4, 0.5) is 4.39 Å². The van der Waals surface area contributed by atoms with Crippen LogP contribution in [-0.2, 0) is 28.9 Å². The van der Waals surface area contributed by atoms with Crippen molar-refractivity contribution in [2.45, 2.75) is 65.0 Å². The van der Waals surface area contributed by atoms with Crippen LogP contribution in [0.5, 0.6) is 0 Å². The first-order chi connectivity index (χ1) is 15.5. The van der Waals surface area contributed by atoms with Crippen LogP contribution < -0.4 is 5.32 Å². The van der Waals surface area contributed by atoms with E-state index in [1.54, 1.807) is 12.1 Å². The summed E-state index contributed by atoms with van der Waals surface area (Å²) in [5.74, 6) is 0.0454. The quantitative estimate of drug-likeness (QED) is 0.603. The van der Waals surface area contributed by atoms with Gasteiger partial charge in [0.15, 0.2) is 0 Å². The Morgan fingerprint density at radius 1 is 1.22 bits per heavy atom. The van der Waals surface area contributed by atoms with E-state index in [1.165, 1.54) is 23.4 Å². The highest BCUT2D eigenvalue weighted by atomic mass is 19.1. The highest BCUT2D eigenvalue weighted by Crippen LogP contribution is 2.29. The van der Waals surface area contributed by atoms with Crippen LogP contribution in [-0.4, -0.2) is 52.9 Å². The number of nitrogens with zero attached hydrogens (tertiary/aromatic N) is 3. The van der Waals surface area contributed by atoms with E-state index >= 15 is 0 Å². The largest absolute Gasteiger partial charge is 0.379 e. The van der Waals surface area contributed by atoms with Crippen LogP contribution in [0.25, 0.3) is 5.69 Å². The zero-order chi connectivity index (χ0) is 22.5. The maximum Gasteiger partial charge on any atom is 0.223 e. The van der Waals surface area contributed by atoms with Gasteiger partial charge < -0.3 is 10.1 Å². The van der Waals surface area contributed by atoms with Gasteiger partial charge in [0.25, 0.3) is 0 Å². The van der Waals surface area contributed by atoms with Gasteiger partial charge in [-0.15, -0.1) is 0 Å². The summed E-state index contributed by atoms with van der Waals surface area (Å²) >= 11 is 0. The Kier molecular flexibility index (Phi) is 7.58. The summed E-state index contributed by atoms with van der Waals surface area (Å²) in [6.07, 6.45) is 6.08. The van der Waals surface area contributed by atoms with Gasteiger partial charge in [0.1, 0.15) is 5.82 Å². The Bertz CT molecular complexity index is 901. The molecule has 2 aliphatic rings. The second-order valence-corrected chi connectivity index (χ2v) is 9.23. The van der Waals surface area contributed by atoms with Crippen molar-refractivity contribution < 1.29 is 13.9 Å². The number of rotatable bonds is 9. The van der Waals surface area contributed by atoms with E-state index in [1.807, 2.05) is 18.5 Å². The van der Waals surface area contributed by atoms with Crippen LogP contribution in [0.3, 0.4) is 0 Å². The van der Waals surface area contributed by atoms with Gasteiger partial charge in [-0.05, 0) is 95.3 Å². The van der Waals surface area contributed by atoms with E-state index < -0.39 is 0 Å².